The van der Waals surface area contributed by atoms with Gasteiger partial charge in [-0.1, -0.05) is 0 Å². The van der Waals surface area contributed by atoms with Gasteiger partial charge in [0.2, 0.25) is 0 Å². The normalized spacial score (nSPS) is 9.16. The number of quaternary nitrogens is 2. The Labute approximate surface area is 129 Å². The number of rotatable bonds is 0. The van der Waals surface area contributed by atoms with E-state index < -0.39 is 31.2 Å². The summed E-state index contributed by atoms with van der Waals surface area (Å²) in [5.74, 6) is 0. The van der Waals surface area contributed by atoms with Crippen molar-refractivity contribution in [3.8, 4) is 0 Å². The molecule has 0 radical (unpaired) electrons. The molecule has 0 aromatic heterocycles. The second kappa shape index (κ2) is 16.6. The SMILES string of the molecule is O=S(=O)([O-])[O-].O=S(=O)([O-])[O-].O=S(=O)([O-])[O-].[NH4+].[NH4+].[Ni+2].[Ni+2]. The molecule has 19 heavy (non-hydrogen) atoms. The van der Waals surface area contributed by atoms with E-state index in [2.05, 4.69) is 0 Å². The van der Waals surface area contributed by atoms with E-state index in [0.717, 1.165) is 0 Å². The second-order valence-corrected chi connectivity index (χ2v) is 3.67. The molecular weight excluding hydrogens is 434 g/mol. The molecule has 0 atom stereocenters. The van der Waals surface area contributed by atoms with Crippen LogP contribution in [0.4, 0.5) is 0 Å². The van der Waals surface area contributed by atoms with Crippen molar-refractivity contribution in [1.29, 1.82) is 0 Å². The Hall–Kier alpha value is 0.517. The Morgan fingerprint density at radius 3 is 0.421 bits per heavy atom. The van der Waals surface area contributed by atoms with Crippen LogP contribution in [-0.2, 0) is 64.2 Å². The Morgan fingerprint density at radius 2 is 0.421 bits per heavy atom. The molecule has 0 saturated carbocycles. The van der Waals surface area contributed by atoms with Gasteiger partial charge in [0.25, 0.3) is 0 Å². The number of hydrogen-bond acceptors (Lipinski definition) is 12. The van der Waals surface area contributed by atoms with E-state index >= 15 is 0 Å². The van der Waals surface area contributed by atoms with Crippen molar-refractivity contribution in [1.82, 2.24) is 12.3 Å². The minimum Gasteiger partial charge on any atom is -0.759 e. The van der Waals surface area contributed by atoms with E-state index in [9.17, 15) is 0 Å². The van der Waals surface area contributed by atoms with Crippen LogP contribution in [0.2, 0.25) is 0 Å². The van der Waals surface area contributed by atoms with Gasteiger partial charge in [0, 0.05) is 31.2 Å². The molecule has 0 aromatic carbocycles. The van der Waals surface area contributed by atoms with Crippen LogP contribution in [0.25, 0.3) is 0 Å². The summed E-state index contributed by atoms with van der Waals surface area (Å²) in [6, 6.07) is 0. The third kappa shape index (κ3) is 18900. The average Bonchev–Trinajstić information content (AvgIpc) is 1.41. The summed E-state index contributed by atoms with van der Waals surface area (Å²) in [4.78, 5) is 0. The molecule has 0 aliphatic rings. The minimum absolute atomic E-state index is 0. The molecule has 0 saturated heterocycles. The molecule has 14 nitrogen and oxygen atoms in total. The molecule has 0 aliphatic heterocycles. The van der Waals surface area contributed by atoms with Crippen LogP contribution in [0.1, 0.15) is 0 Å². The van der Waals surface area contributed by atoms with Gasteiger partial charge in [0.05, 0.1) is 0 Å². The molecule has 0 amide bonds. The van der Waals surface area contributed by atoms with E-state index in [4.69, 9.17) is 52.6 Å². The van der Waals surface area contributed by atoms with Gasteiger partial charge in [0.15, 0.2) is 0 Å². The third-order valence-corrected chi connectivity index (χ3v) is 0. The molecule has 8 N–H and O–H groups in total. The molecule has 0 bridgehead atoms. The first-order valence-electron chi connectivity index (χ1n) is 2.00. The van der Waals surface area contributed by atoms with Gasteiger partial charge < -0.3 is 39.6 Å². The molecule has 0 aliphatic carbocycles. The zero-order valence-corrected chi connectivity index (χ0v) is 13.2. The van der Waals surface area contributed by atoms with Crippen molar-refractivity contribution in [3.05, 3.63) is 0 Å². The molecule has 0 aromatic rings. The predicted octanol–water partition coefficient (Wildman–Crippen LogP) is -3.27. The van der Waals surface area contributed by atoms with E-state index in [1.807, 2.05) is 0 Å². The standard InChI is InChI=1S/2H3N.2Ni.3H2O4S/c;;;;3*1-5(2,3)4/h2*1H3;;;3*(H2,1,2,3,4)/q;;2*+2;;;/p-4. The topological polar surface area (TPSA) is 314 Å². The average molecular weight is 442 g/mol. The van der Waals surface area contributed by atoms with Gasteiger partial charge in [-0.05, 0) is 0 Å². The molecule has 0 fully saturated rings. The smallest absolute Gasteiger partial charge is 0.759 e. The third-order valence-electron chi connectivity index (χ3n) is 0. The molecule has 128 valence electrons. The van der Waals surface area contributed by atoms with Gasteiger partial charge >= 0.3 is 33.0 Å². The van der Waals surface area contributed by atoms with Gasteiger partial charge in [-0.25, -0.2) is 0 Å². The molecule has 0 unspecified atom stereocenters. The summed E-state index contributed by atoms with van der Waals surface area (Å²) in [7, 11) is -15.5. The molecule has 0 rings (SSSR count). The fraction of sp³-hybridized carbons (Fsp3) is 0. The van der Waals surface area contributed by atoms with Gasteiger partial charge in [-0.15, -0.1) is 0 Å². The van der Waals surface area contributed by atoms with Gasteiger partial charge in [-0.2, -0.15) is 0 Å². The first-order valence-corrected chi connectivity index (χ1v) is 6.00. The fourth-order valence-corrected chi connectivity index (χ4v) is 0. The molecule has 0 heterocycles. The quantitative estimate of drug-likeness (QED) is 0.212. The molecular formula is H8N2Ni2O12S3. The van der Waals surface area contributed by atoms with Gasteiger partial charge in [-0.3, -0.25) is 25.3 Å². The monoisotopic (exact) mass is 440 g/mol. The Kier molecular flexibility index (Phi) is 37.3. The maximum atomic E-state index is 8.52. The maximum absolute atomic E-state index is 8.52. The number of hydrogen-bond donors (Lipinski definition) is 2. The van der Waals surface area contributed by atoms with Gasteiger partial charge in [0.1, 0.15) is 0 Å². The fourth-order valence-electron chi connectivity index (χ4n) is 0. The van der Waals surface area contributed by atoms with Crippen molar-refractivity contribution in [2.45, 2.75) is 0 Å². The first-order chi connectivity index (χ1) is 6.00. The minimum atomic E-state index is -5.17. The molecule has 19 heteroatoms. The van der Waals surface area contributed by atoms with Crippen molar-refractivity contribution in [2.24, 2.45) is 0 Å². The summed E-state index contributed by atoms with van der Waals surface area (Å²) < 4.78 is 102. The van der Waals surface area contributed by atoms with E-state index in [1.54, 1.807) is 0 Å². The molecule has 0 spiro atoms. The summed E-state index contributed by atoms with van der Waals surface area (Å²) in [6.07, 6.45) is 0. The Bertz CT molecular complexity index is 350. The van der Waals surface area contributed by atoms with Crippen LogP contribution < -0.4 is 12.3 Å². The van der Waals surface area contributed by atoms with Crippen LogP contribution in [0.5, 0.6) is 0 Å². The summed E-state index contributed by atoms with van der Waals surface area (Å²) in [5, 5.41) is 0. The Morgan fingerprint density at radius 1 is 0.421 bits per heavy atom. The van der Waals surface area contributed by atoms with Crippen LogP contribution in [-0.4, -0.2) is 52.6 Å². The second-order valence-electron chi connectivity index (χ2n) is 1.22. The van der Waals surface area contributed by atoms with Crippen molar-refractivity contribution in [2.75, 3.05) is 0 Å². The summed E-state index contributed by atoms with van der Waals surface area (Å²) in [6.45, 7) is 0. The Balaban J connectivity index is -0.0000000206. The van der Waals surface area contributed by atoms with Crippen molar-refractivity contribution in [3.63, 3.8) is 0 Å². The summed E-state index contributed by atoms with van der Waals surface area (Å²) in [5.41, 5.74) is 0. The maximum Gasteiger partial charge on any atom is 2.00 e. The largest absolute Gasteiger partial charge is 2.00 e. The zero-order chi connectivity index (χ0) is 13.5. The van der Waals surface area contributed by atoms with Crippen molar-refractivity contribution < 1.29 is 85.6 Å². The zero-order valence-electron chi connectivity index (χ0n) is 8.76. The van der Waals surface area contributed by atoms with E-state index in [1.165, 1.54) is 0 Å². The van der Waals surface area contributed by atoms with Crippen molar-refractivity contribution >= 4 is 31.2 Å². The van der Waals surface area contributed by atoms with Crippen LogP contribution in [0, 0.1) is 0 Å². The van der Waals surface area contributed by atoms with E-state index in [-0.39, 0.29) is 45.3 Å². The van der Waals surface area contributed by atoms with Crippen LogP contribution in [0.15, 0.2) is 0 Å². The predicted molar refractivity (Wildman–Crippen MR) is 43.4 cm³/mol. The summed E-state index contributed by atoms with van der Waals surface area (Å²) >= 11 is 0. The van der Waals surface area contributed by atoms with Crippen LogP contribution in [0.3, 0.4) is 0 Å². The van der Waals surface area contributed by atoms with E-state index in [0.29, 0.717) is 0 Å². The first kappa shape index (κ1) is 42.7. The van der Waals surface area contributed by atoms with Crippen LogP contribution >= 0.6 is 0 Å².